The molecule has 2 saturated heterocycles. The molecule has 9 heteroatoms. The number of amides is 1. The highest BCUT2D eigenvalue weighted by Gasteiger charge is 2.27. The van der Waals surface area contributed by atoms with Gasteiger partial charge in [0.2, 0.25) is 5.91 Å². The number of anilines is 2. The zero-order valence-electron chi connectivity index (χ0n) is 19.5. The summed E-state index contributed by atoms with van der Waals surface area (Å²) < 4.78 is 0. The SMILES string of the molecule is Cc1ccc(Cl)cc1N1CCN(CCNC(=O)C2CCCN(c3nc4cccnc4s3)C2)CC1. The lowest BCUT2D eigenvalue weighted by Gasteiger charge is -2.37. The van der Waals surface area contributed by atoms with Crippen molar-refractivity contribution in [3.8, 4) is 0 Å². The van der Waals surface area contributed by atoms with Crippen molar-refractivity contribution in [1.82, 2.24) is 20.2 Å². The molecule has 0 spiro atoms. The minimum atomic E-state index is 0.0105. The second-order valence-corrected chi connectivity index (χ2v) is 10.6. The number of piperazine rings is 1. The van der Waals surface area contributed by atoms with Gasteiger partial charge in [0.1, 0.15) is 10.3 Å². The summed E-state index contributed by atoms with van der Waals surface area (Å²) in [5.41, 5.74) is 3.42. The Morgan fingerprint density at radius 3 is 2.85 bits per heavy atom. The normalized spacial score (nSPS) is 19.5. The summed E-state index contributed by atoms with van der Waals surface area (Å²) in [5, 5.41) is 4.95. The fourth-order valence-electron chi connectivity index (χ4n) is 4.88. The minimum Gasteiger partial charge on any atom is -0.369 e. The molecule has 2 aliphatic heterocycles. The molecule has 0 radical (unpaired) electrons. The van der Waals surface area contributed by atoms with Crippen molar-refractivity contribution >= 4 is 50.0 Å². The smallest absolute Gasteiger partial charge is 0.224 e. The number of nitrogens with one attached hydrogen (secondary N) is 1. The largest absolute Gasteiger partial charge is 0.369 e. The molecule has 1 atom stereocenters. The Bertz CT molecular complexity index is 1110. The van der Waals surface area contributed by atoms with Crippen LogP contribution in [0.25, 0.3) is 10.3 Å². The number of fused-ring (bicyclic) bond motifs is 1. The van der Waals surface area contributed by atoms with Crippen molar-refractivity contribution in [2.75, 3.05) is 62.2 Å². The predicted molar refractivity (Wildman–Crippen MR) is 140 cm³/mol. The van der Waals surface area contributed by atoms with Gasteiger partial charge in [0.05, 0.1) is 5.92 Å². The molecule has 3 aromatic rings. The Morgan fingerprint density at radius 2 is 2.03 bits per heavy atom. The number of hydrogen-bond donors (Lipinski definition) is 1. The summed E-state index contributed by atoms with van der Waals surface area (Å²) in [5.74, 6) is 0.175. The summed E-state index contributed by atoms with van der Waals surface area (Å²) in [6.45, 7) is 9.31. The van der Waals surface area contributed by atoms with E-state index in [1.54, 1.807) is 17.5 Å². The number of benzene rings is 1. The minimum absolute atomic E-state index is 0.0105. The van der Waals surface area contributed by atoms with E-state index in [0.29, 0.717) is 6.54 Å². The third-order valence-corrected chi connectivity index (χ3v) is 8.10. The van der Waals surface area contributed by atoms with Crippen LogP contribution in [0.3, 0.4) is 0 Å². The Morgan fingerprint density at radius 1 is 1.18 bits per heavy atom. The average Bonchev–Trinajstić information content (AvgIpc) is 3.31. The molecule has 180 valence electrons. The molecule has 2 aliphatic rings. The monoisotopic (exact) mass is 498 g/mol. The highest BCUT2D eigenvalue weighted by atomic mass is 35.5. The zero-order valence-corrected chi connectivity index (χ0v) is 21.1. The second kappa shape index (κ2) is 10.5. The summed E-state index contributed by atoms with van der Waals surface area (Å²) in [6, 6.07) is 9.99. The fourth-order valence-corrected chi connectivity index (χ4v) is 5.99. The van der Waals surface area contributed by atoms with Gasteiger partial charge < -0.3 is 15.1 Å². The van der Waals surface area contributed by atoms with Crippen LogP contribution in [-0.4, -0.2) is 73.1 Å². The van der Waals surface area contributed by atoms with Gasteiger partial charge in [-0.2, -0.15) is 0 Å². The van der Waals surface area contributed by atoms with Crippen LogP contribution in [0.1, 0.15) is 18.4 Å². The first-order valence-corrected chi connectivity index (χ1v) is 13.2. The number of rotatable bonds is 6. The molecule has 0 aliphatic carbocycles. The van der Waals surface area contributed by atoms with E-state index in [1.165, 1.54) is 11.3 Å². The van der Waals surface area contributed by atoms with Gasteiger partial charge in [-0.15, -0.1) is 0 Å². The molecule has 4 heterocycles. The first-order valence-electron chi connectivity index (χ1n) is 12.0. The topological polar surface area (TPSA) is 64.6 Å². The molecule has 0 bridgehead atoms. The molecule has 34 heavy (non-hydrogen) atoms. The van der Waals surface area contributed by atoms with E-state index in [9.17, 15) is 4.79 Å². The number of thiazole rings is 1. The van der Waals surface area contributed by atoms with Gasteiger partial charge in [-0.05, 0) is 49.6 Å². The van der Waals surface area contributed by atoms with Gasteiger partial charge >= 0.3 is 0 Å². The van der Waals surface area contributed by atoms with Crippen LogP contribution in [0.5, 0.6) is 0 Å². The molecule has 1 aromatic carbocycles. The van der Waals surface area contributed by atoms with Crippen LogP contribution in [0.2, 0.25) is 5.02 Å². The standard InChI is InChI=1S/C25H31ClN6OS/c1-18-6-7-20(26)16-22(18)31-14-12-30(13-15-31)11-9-27-23(33)19-4-3-10-32(17-19)25-29-21-5-2-8-28-24(21)34-25/h2,5-8,16,19H,3-4,9-15,17H2,1H3,(H,27,33). The van der Waals surface area contributed by atoms with Crippen molar-refractivity contribution in [2.24, 2.45) is 5.92 Å². The summed E-state index contributed by atoms with van der Waals surface area (Å²) >= 11 is 7.81. The van der Waals surface area contributed by atoms with E-state index < -0.39 is 0 Å². The Labute approximate surface area is 209 Å². The van der Waals surface area contributed by atoms with E-state index in [-0.39, 0.29) is 11.8 Å². The molecule has 0 saturated carbocycles. The molecule has 1 amide bonds. The number of pyridine rings is 1. The van der Waals surface area contributed by atoms with E-state index >= 15 is 0 Å². The number of aromatic nitrogens is 2. The zero-order chi connectivity index (χ0) is 23.5. The van der Waals surface area contributed by atoms with Crippen LogP contribution in [0.15, 0.2) is 36.5 Å². The van der Waals surface area contributed by atoms with Crippen molar-refractivity contribution in [2.45, 2.75) is 19.8 Å². The Hall–Kier alpha value is -2.42. The highest BCUT2D eigenvalue weighted by molar-refractivity contribution is 7.21. The predicted octanol–water partition coefficient (Wildman–Crippen LogP) is 3.81. The van der Waals surface area contributed by atoms with Gasteiger partial charge in [-0.25, -0.2) is 9.97 Å². The molecular weight excluding hydrogens is 468 g/mol. The number of aryl methyl sites for hydroxylation is 1. The van der Waals surface area contributed by atoms with Gasteiger partial charge in [0.25, 0.3) is 0 Å². The fraction of sp³-hybridized carbons (Fsp3) is 0.480. The van der Waals surface area contributed by atoms with Gasteiger partial charge in [0, 0.05) is 69.3 Å². The maximum absolute atomic E-state index is 12.9. The van der Waals surface area contributed by atoms with E-state index in [2.05, 4.69) is 44.1 Å². The lowest BCUT2D eigenvalue weighted by Crippen LogP contribution is -2.49. The van der Waals surface area contributed by atoms with Crippen LogP contribution < -0.4 is 15.1 Å². The molecule has 2 aromatic heterocycles. The summed E-state index contributed by atoms with van der Waals surface area (Å²) in [4.78, 5) is 30.1. The summed E-state index contributed by atoms with van der Waals surface area (Å²) in [7, 11) is 0. The molecule has 1 N–H and O–H groups in total. The number of carbonyl (C=O) groups excluding carboxylic acids is 1. The van der Waals surface area contributed by atoms with Crippen LogP contribution in [0, 0.1) is 12.8 Å². The van der Waals surface area contributed by atoms with Crippen LogP contribution in [-0.2, 0) is 4.79 Å². The Kier molecular flexibility index (Phi) is 7.18. The first kappa shape index (κ1) is 23.3. The number of halogens is 1. The van der Waals surface area contributed by atoms with E-state index in [0.717, 1.165) is 79.2 Å². The third-order valence-electron chi connectivity index (χ3n) is 6.83. The molecule has 2 fully saturated rings. The van der Waals surface area contributed by atoms with Gasteiger partial charge in [0.15, 0.2) is 5.13 Å². The summed E-state index contributed by atoms with van der Waals surface area (Å²) in [6.07, 6.45) is 3.74. The first-order chi connectivity index (χ1) is 16.6. The highest BCUT2D eigenvalue weighted by Crippen LogP contribution is 2.30. The van der Waals surface area contributed by atoms with E-state index in [1.807, 2.05) is 18.2 Å². The number of nitrogens with zero attached hydrogens (tertiary/aromatic N) is 5. The Balaban J connectivity index is 1.07. The number of hydrogen-bond acceptors (Lipinski definition) is 7. The van der Waals surface area contributed by atoms with Gasteiger partial charge in [-0.3, -0.25) is 9.69 Å². The molecule has 1 unspecified atom stereocenters. The maximum Gasteiger partial charge on any atom is 0.224 e. The van der Waals surface area contributed by atoms with Crippen LogP contribution >= 0.6 is 22.9 Å². The lowest BCUT2D eigenvalue weighted by molar-refractivity contribution is -0.125. The number of carbonyl (C=O) groups is 1. The van der Waals surface area contributed by atoms with Crippen LogP contribution in [0.4, 0.5) is 10.8 Å². The van der Waals surface area contributed by atoms with Crippen molar-refractivity contribution in [1.29, 1.82) is 0 Å². The van der Waals surface area contributed by atoms with Gasteiger partial charge in [-0.1, -0.05) is 29.0 Å². The average molecular weight is 499 g/mol. The quantitative estimate of drug-likeness (QED) is 0.557. The van der Waals surface area contributed by atoms with Crippen molar-refractivity contribution in [3.05, 3.63) is 47.1 Å². The molecular formula is C25H31ClN6OS. The third kappa shape index (κ3) is 5.29. The van der Waals surface area contributed by atoms with Crippen molar-refractivity contribution < 1.29 is 4.79 Å². The van der Waals surface area contributed by atoms with E-state index in [4.69, 9.17) is 16.6 Å². The second-order valence-electron chi connectivity index (χ2n) is 9.16. The molecule has 5 rings (SSSR count). The molecule has 7 nitrogen and oxygen atoms in total. The maximum atomic E-state index is 12.9. The van der Waals surface area contributed by atoms with Crippen molar-refractivity contribution in [3.63, 3.8) is 0 Å². The number of piperidine rings is 1. The lowest BCUT2D eigenvalue weighted by atomic mass is 9.97.